The predicted molar refractivity (Wildman–Crippen MR) is 67.6 cm³/mol. The van der Waals surface area contributed by atoms with E-state index in [0.717, 1.165) is 26.1 Å². The van der Waals surface area contributed by atoms with Crippen molar-refractivity contribution in [1.82, 2.24) is 4.90 Å². The van der Waals surface area contributed by atoms with Crippen molar-refractivity contribution in [1.29, 1.82) is 0 Å². The second-order valence-electron chi connectivity index (χ2n) is 2.67. The van der Waals surface area contributed by atoms with Crippen molar-refractivity contribution in [2.45, 2.75) is 33.6 Å². The maximum atomic E-state index is 10.9. The minimum absolute atomic E-state index is 0.372. The number of hydrogen-bond acceptors (Lipinski definition) is 2. The fraction of sp³-hybridized carbons (Fsp3) is 0.900. The van der Waals surface area contributed by atoms with Gasteiger partial charge < -0.3 is 4.90 Å². The lowest BCUT2D eigenvalue weighted by Crippen LogP contribution is -2.25. The molecule has 0 bridgehead atoms. The number of rotatable bonds is 6. The first kappa shape index (κ1) is 15.8. The van der Waals surface area contributed by atoms with Crippen molar-refractivity contribution in [3.63, 3.8) is 0 Å². The highest BCUT2D eigenvalue weighted by Crippen LogP contribution is 1.93. The number of Topliss-reactive ketones (excluding diaryl/α,β-unsaturated/α-hetero) is 1. The van der Waals surface area contributed by atoms with Gasteiger partial charge in [-0.1, -0.05) is 43.4 Å². The summed E-state index contributed by atoms with van der Waals surface area (Å²) in [6.45, 7) is 9.20. The lowest BCUT2D eigenvalue weighted by molar-refractivity contribution is -0.119. The van der Waals surface area contributed by atoms with E-state index in [2.05, 4.69) is 41.3 Å². The number of carbonyl (C=O) groups is 1. The summed E-state index contributed by atoms with van der Waals surface area (Å²) >= 11 is 2.15. The standard InChI is InChI=1S/C9H19NO.CH3I/c1-4-9(11)7-8-10(5-2)6-3;1-2/h4-8H2,1-3H3;1H3. The molecule has 0 aliphatic rings. The van der Waals surface area contributed by atoms with Crippen LogP contribution in [0.4, 0.5) is 0 Å². The van der Waals surface area contributed by atoms with Gasteiger partial charge in [-0.25, -0.2) is 0 Å². The van der Waals surface area contributed by atoms with E-state index in [1.807, 2.05) is 11.9 Å². The number of alkyl halides is 1. The average Bonchev–Trinajstić information content (AvgIpc) is 2.22. The molecule has 0 aliphatic heterocycles. The molecule has 0 atom stereocenters. The van der Waals surface area contributed by atoms with Gasteiger partial charge in [-0.2, -0.15) is 0 Å². The molecule has 0 N–H and O–H groups in total. The van der Waals surface area contributed by atoms with Crippen LogP contribution in [0.5, 0.6) is 0 Å². The Morgan fingerprint density at radius 3 is 1.92 bits per heavy atom. The molecule has 0 saturated carbocycles. The molecule has 0 fully saturated rings. The molecule has 0 aromatic heterocycles. The van der Waals surface area contributed by atoms with Crippen LogP contribution in [-0.2, 0) is 4.79 Å². The number of nitrogens with zero attached hydrogens (tertiary/aromatic N) is 1. The van der Waals surface area contributed by atoms with E-state index in [1.165, 1.54) is 0 Å². The van der Waals surface area contributed by atoms with Gasteiger partial charge >= 0.3 is 0 Å². The third kappa shape index (κ3) is 10.3. The van der Waals surface area contributed by atoms with E-state index in [4.69, 9.17) is 0 Å². The van der Waals surface area contributed by atoms with Crippen LogP contribution in [-0.4, -0.2) is 35.2 Å². The van der Waals surface area contributed by atoms with Crippen molar-refractivity contribution in [3.05, 3.63) is 0 Å². The molecule has 3 heteroatoms. The predicted octanol–water partition coefficient (Wildman–Crippen LogP) is 2.75. The zero-order chi connectivity index (χ0) is 10.7. The first-order chi connectivity index (χ1) is 6.24. The molecule has 0 aromatic rings. The highest BCUT2D eigenvalue weighted by molar-refractivity contribution is 14.1. The Kier molecular flexibility index (Phi) is 15.0. The Morgan fingerprint density at radius 2 is 1.62 bits per heavy atom. The maximum Gasteiger partial charge on any atom is 0.133 e. The van der Waals surface area contributed by atoms with E-state index < -0.39 is 0 Å². The Balaban J connectivity index is 0. The summed E-state index contributed by atoms with van der Waals surface area (Å²) in [5.74, 6) is 0.372. The average molecular weight is 299 g/mol. The monoisotopic (exact) mass is 299 g/mol. The van der Waals surface area contributed by atoms with Crippen molar-refractivity contribution in [3.8, 4) is 0 Å². The first-order valence-corrected chi connectivity index (χ1v) is 7.02. The largest absolute Gasteiger partial charge is 0.303 e. The molecule has 0 saturated heterocycles. The molecule has 80 valence electrons. The third-order valence-electron chi connectivity index (χ3n) is 2.00. The van der Waals surface area contributed by atoms with Gasteiger partial charge in [-0.3, -0.25) is 4.79 Å². The number of ketones is 1. The SMILES string of the molecule is CCC(=O)CCN(CC)CC.CI. The van der Waals surface area contributed by atoms with Gasteiger partial charge in [0.05, 0.1) is 0 Å². The number of carbonyl (C=O) groups excluding carboxylic acids is 1. The molecular weight excluding hydrogens is 277 g/mol. The Labute approximate surface area is 96.2 Å². The molecule has 0 unspecified atom stereocenters. The summed E-state index contributed by atoms with van der Waals surface area (Å²) in [6, 6.07) is 0. The molecule has 0 aromatic carbocycles. The lowest BCUT2D eigenvalue weighted by Gasteiger charge is -2.16. The van der Waals surface area contributed by atoms with Crippen molar-refractivity contribution in [2.24, 2.45) is 0 Å². The van der Waals surface area contributed by atoms with Crippen LogP contribution < -0.4 is 0 Å². The van der Waals surface area contributed by atoms with Crippen LogP contribution in [0, 0.1) is 0 Å². The van der Waals surface area contributed by atoms with Gasteiger partial charge in [0.15, 0.2) is 0 Å². The quantitative estimate of drug-likeness (QED) is 0.555. The summed E-state index contributed by atoms with van der Waals surface area (Å²) in [7, 11) is 0. The zero-order valence-electron chi connectivity index (χ0n) is 9.27. The van der Waals surface area contributed by atoms with E-state index in [9.17, 15) is 4.79 Å². The van der Waals surface area contributed by atoms with E-state index in [1.54, 1.807) is 0 Å². The molecular formula is C10H22INO. The van der Waals surface area contributed by atoms with Gasteiger partial charge in [-0.05, 0) is 18.0 Å². The molecule has 0 aliphatic carbocycles. The summed E-state index contributed by atoms with van der Waals surface area (Å²) in [4.78, 5) is 15.2. The Hall–Kier alpha value is 0.360. The van der Waals surface area contributed by atoms with E-state index in [0.29, 0.717) is 12.2 Å². The number of hydrogen-bond donors (Lipinski definition) is 0. The molecule has 0 rings (SSSR count). The minimum Gasteiger partial charge on any atom is -0.303 e. The summed E-state index contributed by atoms with van der Waals surface area (Å²) in [5, 5.41) is 0. The number of halogens is 1. The molecule has 2 nitrogen and oxygen atoms in total. The minimum atomic E-state index is 0.372. The Morgan fingerprint density at radius 1 is 1.15 bits per heavy atom. The molecule has 0 amide bonds. The van der Waals surface area contributed by atoms with Crippen molar-refractivity contribution >= 4 is 28.4 Å². The van der Waals surface area contributed by atoms with Gasteiger partial charge in [-0.15, -0.1) is 0 Å². The highest BCUT2D eigenvalue weighted by atomic mass is 127. The second kappa shape index (κ2) is 12.4. The van der Waals surface area contributed by atoms with Crippen LogP contribution >= 0.6 is 22.6 Å². The molecule has 0 radical (unpaired) electrons. The van der Waals surface area contributed by atoms with Crippen LogP contribution in [0.2, 0.25) is 0 Å². The van der Waals surface area contributed by atoms with Crippen molar-refractivity contribution < 1.29 is 4.79 Å². The second-order valence-corrected chi connectivity index (χ2v) is 2.67. The van der Waals surface area contributed by atoms with Gasteiger partial charge in [0.2, 0.25) is 0 Å². The topological polar surface area (TPSA) is 20.3 Å². The first-order valence-electron chi connectivity index (χ1n) is 4.86. The summed E-state index contributed by atoms with van der Waals surface area (Å²) in [6.07, 6.45) is 1.40. The summed E-state index contributed by atoms with van der Waals surface area (Å²) in [5.41, 5.74) is 0. The fourth-order valence-corrected chi connectivity index (χ4v) is 0.999. The molecule has 0 heterocycles. The fourth-order valence-electron chi connectivity index (χ4n) is 0.999. The smallest absolute Gasteiger partial charge is 0.133 e. The summed E-state index contributed by atoms with van der Waals surface area (Å²) < 4.78 is 0. The van der Waals surface area contributed by atoms with Crippen LogP contribution in [0.25, 0.3) is 0 Å². The van der Waals surface area contributed by atoms with Gasteiger partial charge in [0, 0.05) is 19.4 Å². The van der Waals surface area contributed by atoms with Gasteiger partial charge in [0.1, 0.15) is 5.78 Å². The van der Waals surface area contributed by atoms with Gasteiger partial charge in [0.25, 0.3) is 0 Å². The molecule has 13 heavy (non-hydrogen) atoms. The normalized spacial score (nSPS) is 9.38. The molecule has 0 spiro atoms. The zero-order valence-corrected chi connectivity index (χ0v) is 11.4. The van der Waals surface area contributed by atoms with E-state index in [-0.39, 0.29) is 0 Å². The van der Waals surface area contributed by atoms with Crippen LogP contribution in [0.1, 0.15) is 33.6 Å². The third-order valence-corrected chi connectivity index (χ3v) is 2.00. The lowest BCUT2D eigenvalue weighted by atomic mass is 10.2. The van der Waals surface area contributed by atoms with E-state index >= 15 is 0 Å². The Bertz CT molecular complexity index is 113. The highest BCUT2D eigenvalue weighted by Gasteiger charge is 2.02. The van der Waals surface area contributed by atoms with Crippen LogP contribution in [0.3, 0.4) is 0 Å². The maximum absolute atomic E-state index is 10.9. The van der Waals surface area contributed by atoms with Crippen LogP contribution in [0.15, 0.2) is 0 Å². The van der Waals surface area contributed by atoms with Crippen molar-refractivity contribution in [2.75, 3.05) is 24.6 Å².